The highest BCUT2D eigenvalue weighted by Crippen LogP contribution is 2.28. The van der Waals surface area contributed by atoms with Gasteiger partial charge in [0.05, 0.1) is 12.2 Å². The van der Waals surface area contributed by atoms with Gasteiger partial charge in [-0.1, -0.05) is 43.2 Å². The maximum atomic E-state index is 12.8. The van der Waals surface area contributed by atoms with Crippen molar-refractivity contribution in [1.82, 2.24) is 5.32 Å². The van der Waals surface area contributed by atoms with Crippen molar-refractivity contribution in [2.75, 3.05) is 0 Å². The smallest absolute Gasteiger partial charge is 0.253 e. The monoisotopic (exact) mass is 317 g/mol. The highest BCUT2D eigenvalue weighted by molar-refractivity contribution is 5.82. The van der Waals surface area contributed by atoms with Crippen molar-refractivity contribution >= 4 is 5.91 Å². The summed E-state index contributed by atoms with van der Waals surface area (Å²) >= 11 is 0. The van der Waals surface area contributed by atoms with Crippen LogP contribution in [-0.2, 0) is 9.53 Å². The van der Waals surface area contributed by atoms with Gasteiger partial charge in [-0.15, -0.1) is 0 Å². The van der Waals surface area contributed by atoms with Crippen LogP contribution in [0.2, 0.25) is 0 Å². The molecule has 0 heterocycles. The van der Waals surface area contributed by atoms with E-state index in [1.165, 1.54) is 12.8 Å². The summed E-state index contributed by atoms with van der Waals surface area (Å²) in [4.78, 5) is 12.8. The van der Waals surface area contributed by atoms with Crippen LogP contribution in [0.1, 0.15) is 63.0 Å². The molecule has 0 spiro atoms. The fourth-order valence-electron chi connectivity index (χ4n) is 3.63. The number of rotatable bonds is 5. The minimum absolute atomic E-state index is 0.0375. The van der Waals surface area contributed by atoms with Gasteiger partial charge >= 0.3 is 0 Å². The first-order valence-corrected chi connectivity index (χ1v) is 8.91. The minimum Gasteiger partial charge on any atom is -0.393 e. The van der Waals surface area contributed by atoms with E-state index in [4.69, 9.17) is 4.74 Å². The molecule has 2 saturated carbocycles. The molecule has 1 amide bonds. The zero-order valence-corrected chi connectivity index (χ0v) is 13.6. The van der Waals surface area contributed by atoms with E-state index in [0.29, 0.717) is 0 Å². The Balaban J connectivity index is 1.65. The molecular weight excluding hydrogens is 290 g/mol. The molecule has 0 radical (unpaired) electrons. The van der Waals surface area contributed by atoms with Crippen molar-refractivity contribution in [2.24, 2.45) is 0 Å². The molecule has 1 aromatic rings. The Bertz CT molecular complexity index is 491. The topological polar surface area (TPSA) is 58.6 Å². The van der Waals surface area contributed by atoms with E-state index in [0.717, 1.165) is 44.1 Å². The average Bonchev–Trinajstić information content (AvgIpc) is 3.09. The van der Waals surface area contributed by atoms with E-state index >= 15 is 0 Å². The van der Waals surface area contributed by atoms with Crippen LogP contribution in [0.25, 0.3) is 0 Å². The van der Waals surface area contributed by atoms with Crippen LogP contribution in [0.3, 0.4) is 0 Å². The van der Waals surface area contributed by atoms with Crippen molar-refractivity contribution in [3.8, 4) is 0 Å². The van der Waals surface area contributed by atoms with Crippen LogP contribution >= 0.6 is 0 Å². The predicted molar refractivity (Wildman–Crippen MR) is 88.9 cm³/mol. The Morgan fingerprint density at radius 2 is 1.70 bits per heavy atom. The van der Waals surface area contributed by atoms with Gasteiger partial charge in [0.15, 0.2) is 6.10 Å². The normalized spacial score (nSPS) is 26.8. The molecule has 3 rings (SSSR count). The Labute approximate surface area is 138 Å². The van der Waals surface area contributed by atoms with Gasteiger partial charge < -0.3 is 15.2 Å². The van der Waals surface area contributed by atoms with E-state index in [1.54, 1.807) is 0 Å². The number of carbonyl (C=O) groups excluding carboxylic acids is 1. The number of carbonyl (C=O) groups is 1. The number of aliphatic hydroxyl groups excluding tert-OH is 1. The van der Waals surface area contributed by atoms with Crippen LogP contribution in [0.15, 0.2) is 30.3 Å². The fraction of sp³-hybridized carbons (Fsp3) is 0.632. The summed E-state index contributed by atoms with van der Waals surface area (Å²) in [5, 5.41) is 12.7. The lowest BCUT2D eigenvalue weighted by atomic mass is 9.93. The highest BCUT2D eigenvalue weighted by Gasteiger charge is 2.29. The van der Waals surface area contributed by atoms with Crippen molar-refractivity contribution in [3.63, 3.8) is 0 Å². The summed E-state index contributed by atoms with van der Waals surface area (Å²) in [7, 11) is 0. The molecule has 2 N–H and O–H groups in total. The number of nitrogens with one attached hydrogen (secondary N) is 1. The van der Waals surface area contributed by atoms with Gasteiger partial charge in [0.25, 0.3) is 5.91 Å². The number of benzene rings is 1. The van der Waals surface area contributed by atoms with Crippen LogP contribution in [0, 0.1) is 0 Å². The summed E-state index contributed by atoms with van der Waals surface area (Å²) in [5.41, 5.74) is 0.924. The van der Waals surface area contributed by atoms with E-state index in [-0.39, 0.29) is 24.2 Å². The SMILES string of the molecule is O=C(NC1CCC(O)CC1)[C@H](OC1CCCC1)c1ccccc1. The largest absolute Gasteiger partial charge is 0.393 e. The molecule has 0 saturated heterocycles. The van der Waals surface area contributed by atoms with Crippen LogP contribution in [0.4, 0.5) is 0 Å². The number of hydrogen-bond acceptors (Lipinski definition) is 3. The second kappa shape index (κ2) is 7.93. The summed E-state index contributed by atoms with van der Waals surface area (Å²) < 4.78 is 6.16. The molecule has 0 unspecified atom stereocenters. The van der Waals surface area contributed by atoms with Gasteiger partial charge in [-0.05, 0) is 44.1 Å². The lowest BCUT2D eigenvalue weighted by Gasteiger charge is -2.29. The second-order valence-electron chi connectivity index (χ2n) is 6.85. The third-order valence-corrected chi connectivity index (χ3v) is 5.01. The first-order chi connectivity index (χ1) is 11.2. The minimum atomic E-state index is -0.522. The van der Waals surface area contributed by atoms with Gasteiger partial charge in [0.1, 0.15) is 0 Å². The Hall–Kier alpha value is -1.39. The van der Waals surface area contributed by atoms with Crippen molar-refractivity contribution in [2.45, 2.75) is 75.7 Å². The Morgan fingerprint density at radius 3 is 2.35 bits per heavy atom. The van der Waals surface area contributed by atoms with Crippen molar-refractivity contribution in [3.05, 3.63) is 35.9 Å². The van der Waals surface area contributed by atoms with Gasteiger partial charge in [-0.3, -0.25) is 4.79 Å². The third-order valence-electron chi connectivity index (χ3n) is 5.01. The molecule has 4 heteroatoms. The van der Waals surface area contributed by atoms with Gasteiger partial charge in [0, 0.05) is 6.04 Å². The summed E-state index contributed by atoms with van der Waals surface area (Å²) in [6, 6.07) is 9.93. The lowest BCUT2D eigenvalue weighted by Crippen LogP contribution is -2.42. The van der Waals surface area contributed by atoms with Crippen LogP contribution < -0.4 is 5.32 Å². The lowest BCUT2D eigenvalue weighted by molar-refractivity contribution is -0.138. The van der Waals surface area contributed by atoms with Crippen LogP contribution in [-0.4, -0.2) is 29.3 Å². The van der Waals surface area contributed by atoms with Crippen molar-refractivity contribution < 1.29 is 14.6 Å². The molecular formula is C19H27NO3. The standard InChI is InChI=1S/C19H27NO3/c21-16-12-10-15(11-13-16)20-19(22)18(14-6-2-1-3-7-14)23-17-8-4-5-9-17/h1-3,6-7,15-18,21H,4-5,8-13H2,(H,20,22)/t15?,16?,18-/m1/s1. The summed E-state index contributed by atoms with van der Waals surface area (Å²) in [6.07, 6.45) is 7.17. The molecule has 2 fully saturated rings. The molecule has 126 valence electrons. The molecule has 2 aliphatic carbocycles. The van der Waals surface area contributed by atoms with Gasteiger partial charge in [-0.25, -0.2) is 0 Å². The summed E-state index contributed by atoms with van der Waals surface area (Å²) in [6.45, 7) is 0. The molecule has 4 nitrogen and oxygen atoms in total. The van der Waals surface area contributed by atoms with E-state index in [9.17, 15) is 9.90 Å². The van der Waals surface area contributed by atoms with Gasteiger partial charge in [-0.2, -0.15) is 0 Å². The number of ether oxygens (including phenoxy) is 1. The number of aliphatic hydroxyl groups is 1. The van der Waals surface area contributed by atoms with E-state index in [1.807, 2.05) is 30.3 Å². The zero-order valence-electron chi connectivity index (χ0n) is 13.6. The van der Waals surface area contributed by atoms with Crippen molar-refractivity contribution in [1.29, 1.82) is 0 Å². The quantitative estimate of drug-likeness (QED) is 0.877. The molecule has 2 aliphatic rings. The molecule has 0 aromatic heterocycles. The molecule has 0 aliphatic heterocycles. The Kier molecular flexibility index (Phi) is 5.68. The first kappa shape index (κ1) is 16.5. The third kappa shape index (κ3) is 4.55. The molecule has 1 aromatic carbocycles. The predicted octanol–water partition coefficient (Wildman–Crippen LogP) is 3.11. The highest BCUT2D eigenvalue weighted by atomic mass is 16.5. The average molecular weight is 317 g/mol. The number of hydrogen-bond donors (Lipinski definition) is 2. The molecule has 0 bridgehead atoms. The van der Waals surface area contributed by atoms with E-state index in [2.05, 4.69) is 5.32 Å². The second-order valence-corrected chi connectivity index (χ2v) is 6.85. The molecule has 1 atom stereocenters. The molecule has 23 heavy (non-hydrogen) atoms. The summed E-state index contributed by atoms with van der Waals surface area (Å²) in [5.74, 6) is -0.0375. The van der Waals surface area contributed by atoms with E-state index < -0.39 is 6.10 Å². The first-order valence-electron chi connectivity index (χ1n) is 8.91. The number of amides is 1. The zero-order chi connectivity index (χ0) is 16.1. The van der Waals surface area contributed by atoms with Gasteiger partial charge in [0.2, 0.25) is 0 Å². The maximum Gasteiger partial charge on any atom is 0.253 e. The fourth-order valence-corrected chi connectivity index (χ4v) is 3.63. The van der Waals surface area contributed by atoms with Crippen LogP contribution in [0.5, 0.6) is 0 Å². The Morgan fingerprint density at radius 1 is 1.04 bits per heavy atom. The maximum absolute atomic E-state index is 12.8.